The molecule has 0 aliphatic heterocycles. The number of anilines is 1. The molecule has 0 atom stereocenters. The Morgan fingerprint density at radius 2 is 1.50 bits per heavy atom. The highest BCUT2D eigenvalue weighted by Crippen LogP contribution is 2.32. The fraction of sp³-hybridized carbons (Fsp3) is 0.208. The normalized spacial score (nSPS) is 11.0. The molecule has 0 saturated heterocycles. The summed E-state index contributed by atoms with van der Waals surface area (Å²) in [6, 6.07) is 24.3. The summed E-state index contributed by atoms with van der Waals surface area (Å²) in [6.07, 6.45) is 0. The highest BCUT2D eigenvalue weighted by molar-refractivity contribution is 6.00. The molecule has 3 rings (SSSR count). The maximum absolute atomic E-state index is 13.1. The minimum absolute atomic E-state index is 0.111. The maximum atomic E-state index is 13.1. The molecule has 6 heteroatoms. The van der Waals surface area contributed by atoms with E-state index in [1.54, 1.807) is 25.1 Å². The summed E-state index contributed by atoms with van der Waals surface area (Å²) in [4.78, 5) is 25.6. The molecular weight excluding hydrogens is 378 g/mol. The van der Waals surface area contributed by atoms with E-state index in [-0.39, 0.29) is 17.2 Å². The second-order valence-electron chi connectivity index (χ2n) is 7.60. The van der Waals surface area contributed by atoms with Crippen LogP contribution in [0.1, 0.15) is 28.4 Å². The van der Waals surface area contributed by atoms with Gasteiger partial charge in [-0.2, -0.15) is 0 Å². The van der Waals surface area contributed by atoms with Crippen LogP contribution in [0.25, 0.3) is 0 Å². The van der Waals surface area contributed by atoms with Gasteiger partial charge in [-0.3, -0.25) is 14.9 Å². The molecule has 1 N–H and O–H groups in total. The first-order valence-electron chi connectivity index (χ1n) is 9.68. The first-order valence-corrected chi connectivity index (χ1v) is 9.68. The van der Waals surface area contributed by atoms with Gasteiger partial charge in [0.05, 0.1) is 10.5 Å². The lowest BCUT2D eigenvalue weighted by Gasteiger charge is -2.31. The molecule has 0 unspecified atom stereocenters. The molecule has 0 saturated carbocycles. The molecular formula is C24H25N3O3. The third-order valence-corrected chi connectivity index (χ3v) is 5.34. The van der Waals surface area contributed by atoms with Crippen molar-refractivity contribution < 1.29 is 9.72 Å². The smallest absolute Gasteiger partial charge is 0.270 e. The lowest BCUT2D eigenvalue weighted by molar-refractivity contribution is -0.384. The van der Waals surface area contributed by atoms with Gasteiger partial charge in [0.25, 0.3) is 11.6 Å². The molecule has 0 aliphatic carbocycles. The molecule has 0 spiro atoms. The molecule has 30 heavy (non-hydrogen) atoms. The molecule has 6 nitrogen and oxygen atoms in total. The van der Waals surface area contributed by atoms with E-state index in [9.17, 15) is 14.9 Å². The first-order chi connectivity index (χ1) is 14.3. The van der Waals surface area contributed by atoms with Crippen LogP contribution in [0.5, 0.6) is 0 Å². The summed E-state index contributed by atoms with van der Waals surface area (Å²) >= 11 is 0. The summed E-state index contributed by atoms with van der Waals surface area (Å²) < 4.78 is 0. The average Bonchev–Trinajstić information content (AvgIpc) is 2.77. The molecule has 0 heterocycles. The Labute approximate surface area is 176 Å². The van der Waals surface area contributed by atoms with Crippen LogP contribution in [0.2, 0.25) is 0 Å². The fourth-order valence-corrected chi connectivity index (χ4v) is 3.54. The standard InChI is InChI=1S/C24H25N3O3/c1-24(18-10-6-4-7-11-18,19-12-8-5-9-13-19)17-25-23(28)21-16-20(27(29)30)14-15-22(21)26(2)3/h4-16H,17H2,1-3H3,(H,25,28). The minimum atomic E-state index is -0.492. The second-order valence-corrected chi connectivity index (χ2v) is 7.60. The monoisotopic (exact) mass is 403 g/mol. The van der Waals surface area contributed by atoms with Crippen molar-refractivity contribution >= 4 is 17.3 Å². The number of nitro groups is 1. The molecule has 0 fully saturated rings. The average molecular weight is 403 g/mol. The van der Waals surface area contributed by atoms with Crippen molar-refractivity contribution in [3.05, 3.63) is 106 Å². The van der Waals surface area contributed by atoms with Crippen molar-refractivity contribution in [3.8, 4) is 0 Å². The van der Waals surface area contributed by atoms with E-state index in [4.69, 9.17) is 0 Å². The number of benzene rings is 3. The van der Waals surface area contributed by atoms with Crippen molar-refractivity contribution in [2.75, 3.05) is 25.5 Å². The van der Waals surface area contributed by atoms with Gasteiger partial charge in [-0.25, -0.2) is 0 Å². The number of nitrogens with one attached hydrogen (secondary N) is 1. The number of amides is 1. The van der Waals surface area contributed by atoms with Gasteiger partial charge in [0.1, 0.15) is 0 Å². The summed E-state index contributed by atoms with van der Waals surface area (Å²) in [6.45, 7) is 2.42. The van der Waals surface area contributed by atoms with Crippen LogP contribution in [0, 0.1) is 10.1 Å². The van der Waals surface area contributed by atoms with Gasteiger partial charge in [0, 0.05) is 43.9 Å². The topological polar surface area (TPSA) is 75.5 Å². The molecule has 154 valence electrons. The zero-order chi connectivity index (χ0) is 21.7. The highest BCUT2D eigenvalue weighted by atomic mass is 16.6. The van der Waals surface area contributed by atoms with Crippen LogP contribution in [-0.4, -0.2) is 31.5 Å². The van der Waals surface area contributed by atoms with Gasteiger partial charge in [-0.1, -0.05) is 60.7 Å². The Morgan fingerprint density at radius 3 is 1.97 bits per heavy atom. The third-order valence-electron chi connectivity index (χ3n) is 5.34. The van der Waals surface area contributed by atoms with E-state index in [0.717, 1.165) is 11.1 Å². The summed E-state index contributed by atoms with van der Waals surface area (Å²) in [7, 11) is 3.60. The zero-order valence-electron chi connectivity index (χ0n) is 17.3. The molecule has 3 aromatic rings. The number of hydrogen-bond acceptors (Lipinski definition) is 4. The van der Waals surface area contributed by atoms with E-state index in [2.05, 4.69) is 12.2 Å². The van der Waals surface area contributed by atoms with Gasteiger partial charge < -0.3 is 10.2 Å². The molecule has 0 radical (unpaired) electrons. The van der Waals surface area contributed by atoms with Crippen LogP contribution in [-0.2, 0) is 5.41 Å². The van der Waals surface area contributed by atoms with Crippen LogP contribution < -0.4 is 10.2 Å². The SMILES string of the molecule is CN(C)c1ccc([N+](=O)[O-])cc1C(=O)NCC(C)(c1ccccc1)c1ccccc1. The number of nitro benzene ring substituents is 1. The molecule has 0 aliphatic rings. The van der Waals surface area contributed by atoms with Crippen LogP contribution >= 0.6 is 0 Å². The quantitative estimate of drug-likeness (QED) is 0.469. The Kier molecular flexibility index (Phi) is 6.16. The number of hydrogen-bond donors (Lipinski definition) is 1. The van der Waals surface area contributed by atoms with Crippen LogP contribution in [0.4, 0.5) is 11.4 Å². The van der Waals surface area contributed by atoms with E-state index >= 15 is 0 Å². The van der Waals surface area contributed by atoms with E-state index in [1.807, 2.05) is 60.7 Å². The molecule has 1 amide bonds. The molecule has 0 aromatic heterocycles. The van der Waals surface area contributed by atoms with Crippen molar-refractivity contribution in [3.63, 3.8) is 0 Å². The number of non-ortho nitro benzene ring substituents is 1. The largest absolute Gasteiger partial charge is 0.377 e. The zero-order valence-corrected chi connectivity index (χ0v) is 17.3. The van der Waals surface area contributed by atoms with Crippen molar-refractivity contribution in [2.24, 2.45) is 0 Å². The first kappa shape index (κ1) is 21.0. The lowest BCUT2D eigenvalue weighted by atomic mass is 9.76. The number of carbonyl (C=O) groups excluding carboxylic acids is 1. The Hall–Kier alpha value is -3.67. The number of carbonyl (C=O) groups is 1. The predicted molar refractivity (Wildman–Crippen MR) is 119 cm³/mol. The summed E-state index contributed by atoms with van der Waals surface area (Å²) in [5.74, 6) is -0.347. The minimum Gasteiger partial charge on any atom is -0.377 e. The third kappa shape index (κ3) is 4.33. The van der Waals surface area contributed by atoms with E-state index < -0.39 is 10.3 Å². The summed E-state index contributed by atoms with van der Waals surface area (Å²) in [5, 5.41) is 14.2. The van der Waals surface area contributed by atoms with E-state index in [0.29, 0.717) is 12.2 Å². The van der Waals surface area contributed by atoms with Gasteiger partial charge in [-0.05, 0) is 24.1 Å². The number of rotatable bonds is 7. The highest BCUT2D eigenvalue weighted by Gasteiger charge is 2.30. The van der Waals surface area contributed by atoms with Gasteiger partial charge in [-0.15, -0.1) is 0 Å². The lowest BCUT2D eigenvalue weighted by Crippen LogP contribution is -2.40. The van der Waals surface area contributed by atoms with Crippen molar-refractivity contribution in [2.45, 2.75) is 12.3 Å². The molecule has 0 bridgehead atoms. The number of nitrogens with zero attached hydrogens (tertiary/aromatic N) is 2. The Bertz CT molecular complexity index is 995. The van der Waals surface area contributed by atoms with Gasteiger partial charge in [0.15, 0.2) is 0 Å². The van der Waals surface area contributed by atoms with Crippen molar-refractivity contribution in [1.82, 2.24) is 5.32 Å². The van der Waals surface area contributed by atoms with Gasteiger partial charge in [0.2, 0.25) is 0 Å². The Balaban J connectivity index is 1.94. The van der Waals surface area contributed by atoms with Crippen LogP contribution in [0.3, 0.4) is 0 Å². The fourth-order valence-electron chi connectivity index (χ4n) is 3.54. The summed E-state index contributed by atoms with van der Waals surface area (Å²) in [5.41, 5.74) is 2.47. The van der Waals surface area contributed by atoms with Crippen LogP contribution in [0.15, 0.2) is 78.9 Å². The van der Waals surface area contributed by atoms with E-state index in [1.165, 1.54) is 12.1 Å². The predicted octanol–water partition coefficient (Wildman–Crippen LogP) is 4.40. The van der Waals surface area contributed by atoms with Crippen molar-refractivity contribution in [1.29, 1.82) is 0 Å². The Morgan fingerprint density at radius 1 is 0.967 bits per heavy atom. The maximum Gasteiger partial charge on any atom is 0.270 e. The second kappa shape index (κ2) is 8.78. The molecule has 3 aromatic carbocycles. The van der Waals surface area contributed by atoms with Gasteiger partial charge >= 0.3 is 0 Å².